The number of hydrogen-bond donors (Lipinski definition) is 7. The highest BCUT2D eigenvalue weighted by molar-refractivity contribution is 7.92. The number of halogens is 3. The Morgan fingerprint density at radius 3 is 1.46 bits per heavy atom. The normalized spacial score (nSPS) is 27.7. The van der Waals surface area contributed by atoms with E-state index >= 15 is 0 Å². The number of fused-ring (bicyclic) bond motifs is 6. The van der Waals surface area contributed by atoms with E-state index in [0.717, 1.165) is 79.3 Å². The zero-order chi connectivity index (χ0) is 75.0. The summed E-state index contributed by atoms with van der Waals surface area (Å²) in [4.78, 5) is 95.6. The van der Waals surface area contributed by atoms with Crippen LogP contribution in [0.2, 0.25) is 15.3 Å². The molecule has 0 bridgehead atoms. The van der Waals surface area contributed by atoms with E-state index in [1.165, 1.54) is 4.90 Å². The van der Waals surface area contributed by atoms with Gasteiger partial charge in [0.2, 0.25) is 49.0 Å². The molecule has 4 aliphatic heterocycles. The van der Waals surface area contributed by atoms with E-state index < -0.39 is 101 Å². The highest BCUT2D eigenvalue weighted by Gasteiger charge is 2.65. The van der Waals surface area contributed by atoms with Gasteiger partial charge in [-0.05, 0) is 179 Å². The molecule has 6 aromatic rings. The molecule has 0 unspecified atom stereocenters. The molecule has 2 aromatic heterocycles. The molecule has 0 radical (unpaired) electrons. The Labute approximate surface area is 636 Å². The van der Waals surface area contributed by atoms with Crippen molar-refractivity contribution >= 4 is 124 Å². The molecule has 10 atom stereocenters. The fraction of sp³-hybridized carbons (Fsp3) is 0.532. The molecule has 6 fully saturated rings. The Hall–Kier alpha value is -7.75. The molecule has 4 aromatic carbocycles. The van der Waals surface area contributed by atoms with Gasteiger partial charge in [-0.3, -0.25) is 42.8 Å². The average Bonchev–Trinajstić information content (AvgIpc) is 1.57. The van der Waals surface area contributed by atoms with Crippen LogP contribution < -0.4 is 35.4 Å². The first-order chi connectivity index (χ1) is 50.0. The molecule has 6 amide bonds. The maximum atomic E-state index is 14.6. The summed E-state index contributed by atoms with van der Waals surface area (Å²) in [6, 6.07) is 27.6. The summed E-state index contributed by atoms with van der Waals surface area (Å²) in [6.07, 6.45) is 16.8. The van der Waals surface area contributed by atoms with Crippen molar-refractivity contribution in [2.24, 2.45) is 11.8 Å². The number of amides is 6. The number of imidazole rings is 2. The molecule has 572 valence electrons. The molecule has 106 heavy (non-hydrogen) atoms. The summed E-state index contributed by atoms with van der Waals surface area (Å²) in [5, 5.41) is 24.6. The fourth-order valence-electron chi connectivity index (χ4n) is 14.6. The number of nitrogens with zero attached hydrogens (tertiary/aromatic N) is 6. The van der Waals surface area contributed by atoms with E-state index in [9.17, 15) is 50.7 Å². The lowest BCUT2D eigenvalue weighted by Crippen LogP contribution is -2.58. The number of hydrogen-bond acceptors (Lipinski definition) is 16. The standard InChI is InChI=1S/C38H47ClN6O6S.C28H38N4O6S.C10H10Cl2N2.CH4/c1-24(2)45-30-18-12-16-28(39)32(30)41-36(45)51-27-21-31-33(46)42-38(35(48)43-52(49,50)37(3)19-20-37)22-25(38)13-8-5-4-6-11-17-29(34(47)44(31)23-27)40-26-14-9-7-10-15-26;1-27(14-15-27)39(37,38)31-26(36)28-17-19(28)10-6-3-2-4-9-13-22(29-20-11-7-5-8-12-20)25(35)32-18-21(33)16-23(32)24(34)30-28;1-6(2)14-8-5-3-4-7(11)9(8)13-10(14)12;/h7-10,12-16,18,24-25,27,29,31,40H,4-6,11,17,19-23H2,1-3H3,(H,42,46)(H,43,48);5-8,10-12,19,21-23,29,33H,2-4,9,13-18H2,1H3,(H,30,34)(H,31,36);3-6H,1-2H3;1H4/b13-8-;10-6-;;/t25-,27-,29+,31+,38-;19-,21-,22+,23+,28-;;/m11../s1. The number of aromatic nitrogens is 4. The maximum Gasteiger partial charge on any atom is 0.297 e. The third kappa shape index (κ3) is 17.1. The van der Waals surface area contributed by atoms with E-state index in [2.05, 4.69) is 49.5 Å². The van der Waals surface area contributed by atoms with Gasteiger partial charge in [-0.15, -0.1) is 0 Å². The molecular weight excluding hydrogens is 1460 g/mol. The van der Waals surface area contributed by atoms with Crippen molar-refractivity contribution in [1.29, 1.82) is 0 Å². The van der Waals surface area contributed by atoms with Crippen LogP contribution in [0.5, 0.6) is 6.01 Å². The van der Waals surface area contributed by atoms with E-state index in [4.69, 9.17) is 44.5 Å². The second kappa shape index (κ2) is 32.2. The number of aliphatic hydroxyl groups is 1. The van der Waals surface area contributed by atoms with Gasteiger partial charge in [0.15, 0.2) is 0 Å². The van der Waals surface area contributed by atoms with Crippen molar-refractivity contribution in [2.45, 2.75) is 234 Å². The summed E-state index contributed by atoms with van der Waals surface area (Å²) < 4.78 is 64.9. The molecular formula is C77H99Cl3N12O12S2. The first kappa shape index (κ1) is 79.3. The molecule has 2 saturated heterocycles. The largest absolute Gasteiger partial charge is 0.459 e. The maximum absolute atomic E-state index is 14.6. The molecule has 4 aliphatic carbocycles. The van der Waals surface area contributed by atoms with Crippen molar-refractivity contribution in [3.05, 3.63) is 137 Å². The van der Waals surface area contributed by atoms with E-state index in [-0.39, 0.29) is 81.9 Å². The summed E-state index contributed by atoms with van der Waals surface area (Å²) in [5.74, 6) is -3.85. The Balaban J connectivity index is 0.000000182. The smallest absolute Gasteiger partial charge is 0.297 e. The number of carbonyl (C=O) groups excluding carboxylic acids is 6. The van der Waals surface area contributed by atoms with Crippen molar-refractivity contribution in [3.8, 4) is 6.01 Å². The third-order valence-corrected chi connectivity index (χ3v) is 27.0. The van der Waals surface area contributed by atoms with Crippen LogP contribution in [0.15, 0.2) is 121 Å². The highest BCUT2D eigenvalue weighted by atomic mass is 35.5. The monoisotopic (exact) mass is 1550 g/mol. The Morgan fingerprint density at radius 2 is 1.01 bits per heavy atom. The van der Waals surface area contributed by atoms with Gasteiger partial charge in [0.1, 0.15) is 52.4 Å². The number of nitrogens with one attached hydrogen (secondary N) is 6. The predicted molar refractivity (Wildman–Crippen MR) is 412 cm³/mol. The molecule has 6 heterocycles. The number of rotatable bonds is 14. The molecule has 4 saturated carbocycles. The van der Waals surface area contributed by atoms with E-state index in [0.29, 0.717) is 65.4 Å². The number of para-hydroxylation sites is 4. The van der Waals surface area contributed by atoms with E-state index in [1.54, 1.807) is 24.8 Å². The number of allylic oxidation sites excluding steroid dienone is 2. The first-order valence-corrected chi connectivity index (χ1v) is 40.8. The van der Waals surface area contributed by atoms with Gasteiger partial charge < -0.3 is 45.5 Å². The number of carbonyl (C=O) groups is 6. The molecule has 24 nitrogen and oxygen atoms in total. The summed E-state index contributed by atoms with van der Waals surface area (Å²) >= 11 is 18.6. The van der Waals surface area contributed by atoms with Crippen LogP contribution in [0, 0.1) is 11.8 Å². The van der Waals surface area contributed by atoms with Gasteiger partial charge in [-0.2, -0.15) is 4.98 Å². The molecule has 29 heteroatoms. The van der Waals surface area contributed by atoms with Crippen molar-refractivity contribution < 1.29 is 55.4 Å². The van der Waals surface area contributed by atoms with Crippen LogP contribution in [-0.4, -0.2) is 156 Å². The molecule has 0 spiro atoms. The lowest BCUT2D eigenvalue weighted by atomic mass is 10.0. The van der Waals surface area contributed by atoms with Crippen LogP contribution in [0.1, 0.15) is 177 Å². The average molecular weight is 1560 g/mol. The number of sulfonamides is 2. The van der Waals surface area contributed by atoms with Gasteiger partial charge >= 0.3 is 0 Å². The van der Waals surface area contributed by atoms with Crippen LogP contribution in [-0.2, 0) is 48.8 Å². The molecule has 7 N–H and O–H groups in total. The van der Waals surface area contributed by atoms with Gasteiger partial charge in [0, 0.05) is 54.7 Å². The molecule has 8 aliphatic rings. The SMILES string of the molecule is C.CC(C)n1c(Cl)nc2c(Cl)cccc21.CC(C)n1c(O[C@@H]2C[C@H]3C(=O)N[C@]4(C(=O)NS(=O)(=O)C5(C)CC5)C[C@H]4/C=C\CCCCC[C@H](Nc4ccccc4)C(=O)N3C2)nc2c(Cl)cccc21.CC1(S(=O)(=O)NC(=O)[C@@]23C[C@H]2/C=C\CCCCC[C@H](Nc2ccccc2)C(=O)N2C[C@H](O)C[C@H]2C(=O)N3)CC1. The minimum Gasteiger partial charge on any atom is -0.459 e. The number of anilines is 2. The fourth-order valence-corrected chi connectivity index (χ4v) is 18.1. The second-order valence-electron chi connectivity index (χ2n) is 30.4. The Kier molecular flexibility index (Phi) is 24.1. The van der Waals surface area contributed by atoms with Gasteiger partial charge in [0.05, 0.1) is 43.2 Å². The predicted octanol–water partition coefficient (Wildman–Crippen LogP) is 11.9. The minimum absolute atomic E-state index is 0. The number of benzene rings is 4. The third-order valence-electron chi connectivity index (χ3n) is 21.8. The van der Waals surface area contributed by atoms with Gasteiger partial charge in [0.25, 0.3) is 17.8 Å². The van der Waals surface area contributed by atoms with Crippen molar-refractivity contribution in [3.63, 3.8) is 0 Å². The lowest BCUT2D eigenvalue weighted by molar-refractivity contribution is -0.140. The quantitative estimate of drug-likeness (QED) is 0.0498. The van der Waals surface area contributed by atoms with Crippen LogP contribution in [0.4, 0.5) is 11.4 Å². The van der Waals surface area contributed by atoms with Crippen LogP contribution in [0.25, 0.3) is 22.1 Å². The Bertz CT molecular complexity index is 4550. The molecule has 14 rings (SSSR count). The van der Waals surface area contributed by atoms with Crippen molar-refractivity contribution in [2.75, 3.05) is 23.7 Å². The van der Waals surface area contributed by atoms with Crippen LogP contribution >= 0.6 is 34.8 Å². The summed E-state index contributed by atoms with van der Waals surface area (Å²) in [6.45, 7) is 11.5. The zero-order valence-electron chi connectivity index (χ0n) is 60.0. The number of ether oxygens (including phenoxy) is 1. The van der Waals surface area contributed by atoms with Crippen molar-refractivity contribution in [1.82, 2.24) is 49.0 Å². The number of aliphatic hydroxyl groups excluding tert-OH is 1. The first-order valence-electron chi connectivity index (χ1n) is 36.7. The summed E-state index contributed by atoms with van der Waals surface area (Å²) in [5.41, 5.74) is 1.88. The lowest BCUT2D eigenvalue weighted by Gasteiger charge is -2.30. The highest BCUT2D eigenvalue weighted by Crippen LogP contribution is 2.50. The zero-order valence-corrected chi connectivity index (χ0v) is 63.9. The minimum atomic E-state index is -3.95. The van der Waals surface area contributed by atoms with Gasteiger partial charge in [-0.1, -0.05) is 129 Å². The van der Waals surface area contributed by atoms with E-state index in [1.807, 2.05) is 138 Å². The topological polar surface area (TPSA) is 314 Å². The van der Waals surface area contributed by atoms with Gasteiger partial charge in [-0.25, -0.2) is 21.8 Å². The second-order valence-corrected chi connectivity index (χ2v) is 35.9. The van der Waals surface area contributed by atoms with Crippen LogP contribution in [0.3, 0.4) is 0 Å². The Morgan fingerprint density at radius 1 is 0.575 bits per heavy atom. The summed E-state index contributed by atoms with van der Waals surface area (Å²) in [7, 11) is -7.84.